The third-order valence-electron chi connectivity index (χ3n) is 7.02. The Morgan fingerprint density at radius 2 is 1.46 bits per heavy atom. The SMILES string of the molecule is Cc1ccc(-n2c3ccccc3c3ccc(-c4cccc(C(C)(C)c5ccccn5)c4)cc32)nc1. The fourth-order valence-electron chi connectivity index (χ4n) is 4.96. The van der Waals surface area contributed by atoms with Gasteiger partial charge in [-0.2, -0.15) is 0 Å². The normalized spacial score (nSPS) is 11.9. The molecule has 0 saturated heterocycles. The van der Waals surface area contributed by atoms with Crippen molar-refractivity contribution in [3.8, 4) is 16.9 Å². The minimum absolute atomic E-state index is 0.192. The predicted octanol–water partition coefficient (Wildman–Crippen LogP) is 7.88. The Bertz CT molecular complexity index is 1660. The number of aromatic nitrogens is 3. The predicted molar refractivity (Wildman–Crippen MR) is 145 cm³/mol. The van der Waals surface area contributed by atoms with E-state index in [0.717, 1.165) is 22.6 Å². The molecule has 3 aromatic heterocycles. The van der Waals surface area contributed by atoms with Gasteiger partial charge in [0, 0.05) is 28.6 Å². The third kappa shape index (κ3) is 3.60. The first-order chi connectivity index (χ1) is 17.0. The van der Waals surface area contributed by atoms with Crippen LogP contribution >= 0.6 is 0 Å². The molecule has 0 saturated carbocycles. The zero-order chi connectivity index (χ0) is 24.0. The molecule has 170 valence electrons. The lowest BCUT2D eigenvalue weighted by Crippen LogP contribution is -2.20. The number of nitrogens with zero attached hydrogens (tertiary/aromatic N) is 3. The van der Waals surface area contributed by atoms with Crippen molar-refractivity contribution in [1.29, 1.82) is 0 Å². The zero-order valence-electron chi connectivity index (χ0n) is 20.2. The number of benzene rings is 3. The van der Waals surface area contributed by atoms with Gasteiger partial charge in [0.05, 0.1) is 16.7 Å². The Hall–Kier alpha value is -4.24. The van der Waals surface area contributed by atoms with E-state index >= 15 is 0 Å². The second kappa shape index (κ2) is 8.21. The molecule has 0 radical (unpaired) electrons. The van der Waals surface area contributed by atoms with Crippen LogP contribution in [0.4, 0.5) is 0 Å². The topological polar surface area (TPSA) is 30.7 Å². The summed E-state index contributed by atoms with van der Waals surface area (Å²) in [6.45, 7) is 6.54. The molecule has 35 heavy (non-hydrogen) atoms. The molecule has 6 rings (SSSR count). The number of hydrogen-bond donors (Lipinski definition) is 0. The van der Waals surface area contributed by atoms with Crippen LogP contribution in [0.5, 0.6) is 0 Å². The van der Waals surface area contributed by atoms with E-state index in [-0.39, 0.29) is 5.41 Å². The molecule has 3 heterocycles. The maximum atomic E-state index is 4.76. The summed E-state index contributed by atoms with van der Waals surface area (Å²) < 4.78 is 2.27. The van der Waals surface area contributed by atoms with Gasteiger partial charge in [0.25, 0.3) is 0 Å². The molecule has 0 spiro atoms. The van der Waals surface area contributed by atoms with Crippen LogP contribution in [0.25, 0.3) is 38.8 Å². The molecule has 0 unspecified atom stereocenters. The highest BCUT2D eigenvalue weighted by Gasteiger charge is 2.24. The van der Waals surface area contributed by atoms with Gasteiger partial charge in [0.1, 0.15) is 5.82 Å². The van der Waals surface area contributed by atoms with Crippen LogP contribution in [-0.4, -0.2) is 14.5 Å². The standard InChI is InChI=1S/C32H27N3/c1-22-14-17-31(34-21-22)35-28-12-5-4-11-26(28)27-16-15-24(20-29(27)35)23-9-8-10-25(19-23)32(2,3)30-13-6-7-18-33-30/h4-21H,1-3H3. The molecule has 3 aromatic carbocycles. The van der Waals surface area contributed by atoms with Crippen LogP contribution in [0, 0.1) is 6.92 Å². The first-order valence-electron chi connectivity index (χ1n) is 12.0. The first kappa shape index (κ1) is 21.3. The van der Waals surface area contributed by atoms with Gasteiger partial charge in [0.15, 0.2) is 0 Å². The number of pyridine rings is 2. The summed E-state index contributed by atoms with van der Waals surface area (Å²) >= 11 is 0. The van der Waals surface area contributed by atoms with E-state index in [1.54, 1.807) is 0 Å². The molecule has 3 nitrogen and oxygen atoms in total. The van der Waals surface area contributed by atoms with Crippen molar-refractivity contribution < 1.29 is 0 Å². The number of fused-ring (bicyclic) bond motifs is 3. The van der Waals surface area contributed by atoms with Crippen molar-refractivity contribution in [2.24, 2.45) is 0 Å². The van der Waals surface area contributed by atoms with Gasteiger partial charge >= 0.3 is 0 Å². The van der Waals surface area contributed by atoms with Crippen molar-refractivity contribution >= 4 is 21.8 Å². The third-order valence-corrected chi connectivity index (χ3v) is 7.02. The number of hydrogen-bond acceptors (Lipinski definition) is 2. The second-order valence-electron chi connectivity index (χ2n) is 9.70. The van der Waals surface area contributed by atoms with Gasteiger partial charge in [-0.15, -0.1) is 0 Å². The molecule has 0 aliphatic heterocycles. The van der Waals surface area contributed by atoms with Gasteiger partial charge < -0.3 is 0 Å². The van der Waals surface area contributed by atoms with Gasteiger partial charge in [-0.25, -0.2) is 4.98 Å². The van der Waals surface area contributed by atoms with Crippen molar-refractivity contribution in [1.82, 2.24) is 14.5 Å². The van der Waals surface area contributed by atoms with E-state index in [9.17, 15) is 0 Å². The molecule has 0 fully saturated rings. The molecule has 0 N–H and O–H groups in total. The van der Waals surface area contributed by atoms with Gasteiger partial charge in [-0.3, -0.25) is 9.55 Å². The number of para-hydroxylation sites is 1. The van der Waals surface area contributed by atoms with E-state index < -0.39 is 0 Å². The Labute approximate surface area is 205 Å². The monoisotopic (exact) mass is 453 g/mol. The molecular formula is C32H27N3. The van der Waals surface area contributed by atoms with Crippen LogP contribution < -0.4 is 0 Å². The molecule has 0 bridgehead atoms. The van der Waals surface area contributed by atoms with Crippen LogP contribution in [0.1, 0.15) is 30.7 Å². The van der Waals surface area contributed by atoms with E-state index in [1.165, 1.54) is 33.0 Å². The Morgan fingerprint density at radius 3 is 2.26 bits per heavy atom. The van der Waals surface area contributed by atoms with E-state index in [1.807, 2.05) is 18.5 Å². The van der Waals surface area contributed by atoms with E-state index in [2.05, 4.69) is 121 Å². The molecule has 0 aliphatic carbocycles. The number of aryl methyl sites for hydroxylation is 1. The molecular weight excluding hydrogens is 426 g/mol. The lowest BCUT2D eigenvalue weighted by atomic mass is 9.80. The Kier molecular flexibility index (Phi) is 5.00. The van der Waals surface area contributed by atoms with E-state index in [4.69, 9.17) is 4.98 Å². The van der Waals surface area contributed by atoms with Gasteiger partial charge in [0.2, 0.25) is 0 Å². The largest absolute Gasteiger partial charge is 0.294 e. The molecule has 0 atom stereocenters. The minimum atomic E-state index is -0.192. The summed E-state index contributed by atoms with van der Waals surface area (Å²) in [5.41, 5.74) is 7.99. The molecule has 3 heteroatoms. The summed E-state index contributed by atoms with van der Waals surface area (Å²) in [6.07, 6.45) is 3.80. The summed E-state index contributed by atoms with van der Waals surface area (Å²) in [5, 5.41) is 2.47. The summed E-state index contributed by atoms with van der Waals surface area (Å²) in [7, 11) is 0. The van der Waals surface area contributed by atoms with Crippen LogP contribution in [-0.2, 0) is 5.41 Å². The second-order valence-corrected chi connectivity index (χ2v) is 9.70. The summed E-state index contributed by atoms with van der Waals surface area (Å²) in [4.78, 5) is 9.39. The van der Waals surface area contributed by atoms with Crippen LogP contribution in [0.3, 0.4) is 0 Å². The maximum absolute atomic E-state index is 4.76. The lowest BCUT2D eigenvalue weighted by molar-refractivity contribution is 0.617. The minimum Gasteiger partial charge on any atom is -0.294 e. The highest BCUT2D eigenvalue weighted by atomic mass is 15.1. The maximum Gasteiger partial charge on any atom is 0.137 e. The highest BCUT2D eigenvalue weighted by molar-refractivity contribution is 6.10. The van der Waals surface area contributed by atoms with Crippen molar-refractivity contribution in [3.63, 3.8) is 0 Å². The zero-order valence-corrected chi connectivity index (χ0v) is 20.2. The Morgan fingerprint density at radius 1 is 0.657 bits per heavy atom. The number of rotatable bonds is 4. The van der Waals surface area contributed by atoms with Crippen LogP contribution in [0.15, 0.2) is 109 Å². The van der Waals surface area contributed by atoms with Crippen molar-refractivity contribution in [3.05, 3.63) is 126 Å². The molecule has 6 aromatic rings. The summed E-state index contributed by atoms with van der Waals surface area (Å²) in [5.74, 6) is 0.934. The highest BCUT2D eigenvalue weighted by Crippen LogP contribution is 2.36. The molecule has 0 aliphatic rings. The summed E-state index contributed by atoms with van der Waals surface area (Å²) in [6, 6.07) is 34.5. The van der Waals surface area contributed by atoms with Gasteiger partial charge in [-0.1, -0.05) is 80.6 Å². The van der Waals surface area contributed by atoms with Crippen molar-refractivity contribution in [2.75, 3.05) is 0 Å². The fourth-order valence-corrected chi connectivity index (χ4v) is 4.96. The first-order valence-corrected chi connectivity index (χ1v) is 12.0. The van der Waals surface area contributed by atoms with Gasteiger partial charge in [-0.05, 0) is 59.5 Å². The average Bonchev–Trinajstić information content (AvgIpc) is 3.23. The average molecular weight is 454 g/mol. The van der Waals surface area contributed by atoms with Crippen molar-refractivity contribution in [2.45, 2.75) is 26.2 Å². The molecule has 0 amide bonds. The lowest BCUT2D eigenvalue weighted by Gasteiger charge is -2.25. The van der Waals surface area contributed by atoms with Crippen LogP contribution in [0.2, 0.25) is 0 Å². The smallest absolute Gasteiger partial charge is 0.137 e. The fraction of sp³-hybridized carbons (Fsp3) is 0.125. The Balaban J connectivity index is 1.53. The van der Waals surface area contributed by atoms with E-state index in [0.29, 0.717) is 0 Å². The quantitative estimate of drug-likeness (QED) is 0.272.